The molecule has 5 heterocycles. The number of hydrogen-bond acceptors (Lipinski definition) is 5. The van der Waals surface area contributed by atoms with Crippen molar-refractivity contribution in [2.45, 2.75) is 19.5 Å². The Labute approximate surface area is 182 Å². The third kappa shape index (κ3) is 3.62. The fourth-order valence-electron chi connectivity index (χ4n) is 4.35. The lowest BCUT2D eigenvalue weighted by Crippen LogP contribution is -2.43. The van der Waals surface area contributed by atoms with Gasteiger partial charge in [-0.25, -0.2) is 14.8 Å². The molecule has 2 aliphatic heterocycles. The first kappa shape index (κ1) is 20.6. The lowest BCUT2D eigenvalue weighted by molar-refractivity contribution is -0.136. The average Bonchev–Trinajstić information content (AvgIpc) is 3.35. The molecule has 0 saturated carbocycles. The number of carbonyl (C=O) groups is 1. The Kier molecular flexibility index (Phi) is 4.92. The highest BCUT2D eigenvalue weighted by atomic mass is 19.4. The van der Waals surface area contributed by atoms with Crippen molar-refractivity contribution in [2.24, 2.45) is 0 Å². The lowest BCUT2D eigenvalue weighted by Gasteiger charge is -2.31. The number of nitrogens with zero attached hydrogens (tertiary/aromatic N) is 5. The van der Waals surface area contributed by atoms with Crippen LogP contribution in [0.25, 0.3) is 5.65 Å². The number of aryl methyl sites for hydroxylation is 1. The summed E-state index contributed by atoms with van der Waals surface area (Å²) < 4.78 is 42.5. The number of amides is 2. The molecule has 0 atom stereocenters. The van der Waals surface area contributed by atoms with Gasteiger partial charge in [0.2, 0.25) is 0 Å². The topological polar surface area (TPSA) is 77.8 Å². The fraction of sp³-hybridized carbons (Fsp3) is 0.381. The number of alkyl halides is 3. The van der Waals surface area contributed by atoms with Gasteiger partial charge in [0.05, 0.1) is 16.9 Å². The van der Waals surface area contributed by atoms with Crippen molar-refractivity contribution >= 4 is 28.9 Å². The van der Waals surface area contributed by atoms with Gasteiger partial charge in [0.15, 0.2) is 0 Å². The highest BCUT2D eigenvalue weighted by Crippen LogP contribution is 2.37. The molecule has 2 aliphatic rings. The van der Waals surface area contributed by atoms with Crippen LogP contribution in [0.1, 0.15) is 16.8 Å². The van der Waals surface area contributed by atoms with E-state index in [-0.39, 0.29) is 11.3 Å². The largest absolute Gasteiger partial charge is 0.418 e. The maximum Gasteiger partial charge on any atom is 0.418 e. The van der Waals surface area contributed by atoms with Crippen LogP contribution in [0, 0.1) is 6.92 Å². The van der Waals surface area contributed by atoms with Crippen molar-refractivity contribution in [3.8, 4) is 0 Å². The second-order valence-electron chi connectivity index (χ2n) is 7.95. The molecule has 0 spiro atoms. The minimum Gasteiger partial charge on any atom is -0.369 e. The highest BCUT2D eigenvalue weighted by molar-refractivity contribution is 6.03. The molecule has 1 saturated heterocycles. The third-order valence-corrected chi connectivity index (χ3v) is 5.81. The second-order valence-corrected chi connectivity index (χ2v) is 7.95. The summed E-state index contributed by atoms with van der Waals surface area (Å²) >= 11 is 0. The normalized spacial score (nSPS) is 16.5. The van der Waals surface area contributed by atoms with Crippen molar-refractivity contribution in [3.63, 3.8) is 0 Å². The summed E-state index contributed by atoms with van der Waals surface area (Å²) in [6, 6.07) is 2.24. The van der Waals surface area contributed by atoms with Gasteiger partial charge in [0.25, 0.3) is 0 Å². The minimum absolute atomic E-state index is 0.168. The van der Waals surface area contributed by atoms with E-state index in [1.54, 1.807) is 19.3 Å². The Bertz CT molecular complexity index is 1180. The summed E-state index contributed by atoms with van der Waals surface area (Å²) in [6.45, 7) is 5.49. The SMILES string of the molecule is Cc1cn2cc(NC(=O)N3CCc4c(N5CCNCC5)ccnc43)c(C(F)(F)F)cc2n1. The molecule has 3 aromatic rings. The maximum atomic E-state index is 13.7. The predicted molar refractivity (Wildman–Crippen MR) is 114 cm³/mol. The van der Waals surface area contributed by atoms with Gasteiger partial charge in [-0.1, -0.05) is 0 Å². The van der Waals surface area contributed by atoms with E-state index in [0.29, 0.717) is 24.5 Å². The van der Waals surface area contributed by atoms with Crippen LogP contribution in [0.15, 0.2) is 30.7 Å². The number of anilines is 3. The molecule has 11 heteroatoms. The quantitative estimate of drug-likeness (QED) is 0.634. The Morgan fingerprint density at radius 3 is 2.72 bits per heavy atom. The molecule has 0 aliphatic carbocycles. The molecular formula is C21H22F3N7O. The Hall–Kier alpha value is -3.34. The number of carbonyl (C=O) groups excluding carboxylic acids is 1. The Morgan fingerprint density at radius 2 is 1.97 bits per heavy atom. The summed E-state index contributed by atoms with van der Waals surface area (Å²) in [5, 5.41) is 5.76. The number of rotatable bonds is 2. The van der Waals surface area contributed by atoms with E-state index < -0.39 is 17.8 Å². The summed E-state index contributed by atoms with van der Waals surface area (Å²) in [5.74, 6) is 0.492. The zero-order valence-corrected chi connectivity index (χ0v) is 17.4. The maximum absolute atomic E-state index is 13.7. The molecule has 1 fully saturated rings. The number of hydrogen-bond donors (Lipinski definition) is 2. The summed E-state index contributed by atoms with van der Waals surface area (Å²) in [7, 11) is 0. The van der Waals surface area contributed by atoms with Crippen LogP contribution in [0.5, 0.6) is 0 Å². The van der Waals surface area contributed by atoms with Crippen molar-refractivity contribution in [2.75, 3.05) is 47.8 Å². The van der Waals surface area contributed by atoms with Gasteiger partial charge < -0.3 is 19.9 Å². The van der Waals surface area contributed by atoms with E-state index in [2.05, 4.69) is 25.5 Å². The summed E-state index contributed by atoms with van der Waals surface area (Å²) in [4.78, 5) is 25.2. The molecule has 0 unspecified atom stereocenters. The van der Waals surface area contributed by atoms with Crippen LogP contribution < -0.4 is 20.4 Å². The zero-order valence-electron chi connectivity index (χ0n) is 17.4. The van der Waals surface area contributed by atoms with Crippen LogP contribution in [0.3, 0.4) is 0 Å². The molecule has 2 amide bonds. The number of nitrogens with one attached hydrogen (secondary N) is 2. The monoisotopic (exact) mass is 445 g/mol. The highest BCUT2D eigenvalue weighted by Gasteiger charge is 2.36. The summed E-state index contributed by atoms with van der Waals surface area (Å²) in [5.41, 5.74) is 1.46. The molecule has 168 valence electrons. The van der Waals surface area contributed by atoms with Crippen molar-refractivity contribution in [3.05, 3.63) is 47.5 Å². The molecular weight excluding hydrogens is 423 g/mol. The smallest absolute Gasteiger partial charge is 0.369 e. The molecule has 0 radical (unpaired) electrons. The Balaban J connectivity index is 1.45. The van der Waals surface area contributed by atoms with Gasteiger partial charge in [0.1, 0.15) is 11.5 Å². The van der Waals surface area contributed by atoms with E-state index in [1.165, 1.54) is 15.5 Å². The first-order chi connectivity index (χ1) is 15.3. The number of piperazine rings is 1. The van der Waals surface area contributed by atoms with E-state index in [4.69, 9.17) is 0 Å². The van der Waals surface area contributed by atoms with E-state index in [0.717, 1.165) is 43.5 Å². The van der Waals surface area contributed by atoms with Crippen LogP contribution >= 0.6 is 0 Å². The van der Waals surface area contributed by atoms with Crippen molar-refractivity contribution < 1.29 is 18.0 Å². The van der Waals surface area contributed by atoms with Crippen molar-refractivity contribution in [1.82, 2.24) is 19.7 Å². The van der Waals surface area contributed by atoms with Gasteiger partial charge in [-0.15, -0.1) is 0 Å². The molecule has 0 bridgehead atoms. The molecule has 0 aromatic carbocycles. The van der Waals surface area contributed by atoms with Crippen LogP contribution in [0.2, 0.25) is 0 Å². The van der Waals surface area contributed by atoms with E-state index in [1.807, 2.05) is 6.07 Å². The van der Waals surface area contributed by atoms with Crippen molar-refractivity contribution in [1.29, 1.82) is 0 Å². The lowest BCUT2D eigenvalue weighted by atomic mass is 10.1. The number of urea groups is 1. The number of fused-ring (bicyclic) bond motifs is 2. The van der Waals surface area contributed by atoms with Gasteiger partial charge >= 0.3 is 12.2 Å². The number of aromatic nitrogens is 3. The number of imidazole rings is 1. The van der Waals surface area contributed by atoms with Crippen LogP contribution in [-0.4, -0.2) is 53.1 Å². The average molecular weight is 445 g/mol. The van der Waals surface area contributed by atoms with E-state index in [9.17, 15) is 18.0 Å². The van der Waals surface area contributed by atoms with E-state index >= 15 is 0 Å². The first-order valence-electron chi connectivity index (χ1n) is 10.4. The fourth-order valence-corrected chi connectivity index (χ4v) is 4.35. The number of pyridine rings is 2. The van der Waals surface area contributed by atoms with Gasteiger partial charge in [-0.05, 0) is 25.5 Å². The van der Waals surface area contributed by atoms with Gasteiger partial charge in [-0.2, -0.15) is 13.2 Å². The minimum atomic E-state index is -4.64. The standard InChI is InChI=1S/C21H22F3N7O/c1-13-11-30-12-16(15(21(22,23)24)10-18(30)27-13)28-20(32)31-7-3-14-17(2-4-26-19(14)31)29-8-5-25-6-9-29/h2,4,10-12,25H,3,5-9H2,1H3,(H,28,32). The van der Waals surface area contributed by atoms with Crippen LogP contribution in [-0.2, 0) is 12.6 Å². The van der Waals surface area contributed by atoms with Gasteiger partial charge in [-0.3, -0.25) is 4.90 Å². The first-order valence-corrected chi connectivity index (χ1v) is 10.4. The Morgan fingerprint density at radius 1 is 1.19 bits per heavy atom. The van der Waals surface area contributed by atoms with Crippen LogP contribution in [0.4, 0.5) is 35.2 Å². The third-order valence-electron chi connectivity index (χ3n) is 5.81. The summed E-state index contributed by atoms with van der Waals surface area (Å²) in [6.07, 6.45) is 0.459. The molecule has 3 aromatic heterocycles. The molecule has 32 heavy (non-hydrogen) atoms. The number of halogens is 3. The predicted octanol–water partition coefficient (Wildman–Crippen LogP) is 3.06. The molecule has 2 N–H and O–H groups in total. The molecule has 8 nitrogen and oxygen atoms in total. The zero-order chi connectivity index (χ0) is 22.5. The van der Waals surface area contributed by atoms with Gasteiger partial charge in [0, 0.05) is 62.6 Å². The molecule has 5 rings (SSSR count). The second kappa shape index (κ2) is 7.66.